The van der Waals surface area contributed by atoms with E-state index in [1.54, 1.807) is 141 Å². The normalized spacial score (nSPS) is 47.7. The monoisotopic (exact) mass is 958 g/mol. The van der Waals surface area contributed by atoms with Crippen molar-refractivity contribution >= 4 is 0 Å². The Morgan fingerprint density at radius 1 is 0.514 bits per heavy atom. The van der Waals surface area contributed by atoms with E-state index in [0.29, 0.717) is 0 Å². The number of hydrogen-bond acceptors (Lipinski definition) is 1. The highest BCUT2D eigenvalue weighted by atomic mass is 15.1. The van der Waals surface area contributed by atoms with E-state index in [1.807, 2.05) is 11.1 Å². The quantitative estimate of drug-likeness (QED) is 0.197. The maximum atomic E-state index is 3.07. The number of rotatable bonds is 10. The highest BCUT2D eigenvalue weighted by Crippen LogP contribution is 2.66. The van der Waals surface area contributed by atoms with E-state index < -0.39 is 0 Å². The average Bonchev–Trinajstić information content (AvgIpc) is 3.40. The molecule has 396 valence electrons. The first-order valence-corrected chi connectivity index (χ1v) is 33.6. The smallest absolute Gasteiger partial charge is 0.00922 e. The first-order valence-electron chi connectivity index (χ1n) is 33.6. The fourth-order valence-corrected chi connectivity index (χ4v) is 23.5. The number of unbranched alkanes of at least 4 members (excludes halogenated alkanes) is 1. The Hall–Kier alpha value is -0.560. The standard InChI is InChI=1S/C69H115N/c1-5-7-28-54-29-11-15-30-55-47(3)56(39-21-44-70(54)4)66(60-36-18-25-49-22-8-12-31-57(49)60)46-53(55)41-40-48(6-2)52-42-43-65-67(45-52)69(62-38-20-27-51-24-10-14-33-59(51)62)64-35-17-16-34-63(64)68(65)61-37-19-26-50-23-9-13-32-58(50)61/h25,40,47,50-69H,5-24,26-39,41-46H2,1-4H3/b48-40+. The molecule has 11 rings (SSSR count). The van der Waals surface area contributed by atoms with Gasteiger partial charge in [-0.15, -0.1) is 0 Å². The minimum Gasteiger partial charge on any atom is -0.303 e. The average molecular weight is 959 g/mol. The molecule has 1 nitrogen and oxygen atoms in total. The van der Waals surface area contributed by atoms with Crippen molar-refractivity contribution in [3.63, 3.8) is 0 Å². The van der Waals surface area contributed by atoms with Gasteiger partial charge >= 0.3 is 0 Å². The maximum absolute atomic E-state index is 3.07. The lowest BCUT2D eigenvalue weighted by molar-refractivity contribution is -0.144. The highest BCUT2D eigenvalue weighted by molar-refractivity contribution is 5.17. The minimum absolute atomic E-state index is 0.818. The van der Waals surface area contributed by atoms with Crippen LogP contribution in [-0.4, -0.2) is 24.5 Å². The molecule has 21 atom stereocenters. The summed E-state index contributed by atoms with van der Waals surface area (Å²) in [7, 11) is 2.51. The van der Waals surface area contributed by atoms with Crippen molar-refractivity contribution in [2.45, 2.75) is 277 Å². The fourth-order valence-electron chi connectivity index (χ4n) is 23.5. The van der Waals surface area contributed by atoms with Crippen LogP contribution in [0.1, 0.15) is 271 Å². The molecular weight excluding hydrogens is 843 g/mol. The summed E-state index contributed by atoms with van der Waals surface area (Å²) < 4.78 is 0. The molecule has 10 fully saturated rings. The summed E-state index contributed by atoms with van der Waals surface area (Å²) in [6.45, 7) is 9.25. The number of allylic oxidation sites excluding steroid dienone is 4. The van der Waals surface area contributed by atoms with Crippen molar-refractivity contribution in [2.75, 3.05) is 13.6 Å². The van der Waals surface area contributed by atoms with Crippen molar-refractivity contribution in [3.8, 4) is 0 Å². The number of fused-ring (bicyclic) bond motifs is 7. The molecular formula is C69H115N. The summed E-state index contributed by atoms with van der Waals surface area (Å²) in [5, 5.41) is 0. The van der Waals surface area contributed by atoms with Gasteiger partial charge in [-0.1, -0.05) is 153 Å². The zero-order valence-electron chi connectivity index (χ0n) is 47.0. The first-order chi connectivity index (χ1) is 34.5. The zero-order chi connectivity index (χ0) is 47.6. The molecule has 1 heterocycles. The van der Waals surface area contributed by atoms with Crippen LogP contribution in [-0.2, 0) is 0 Å². The van der Waals surface area contributed by atoms with E-state index in [0.717, 1.165) is 124 Å². The minimum atomic E-state index is 0.818. The van der Waals surface area contributed by atoms with Crippen LogP contribution in [0.15, 0.2) is 23.3 Å². The summed E-state index contributed by atoms with van der Waals surface area (Å²) in [5.74, 6) is 20.5. The summed E-state index contributed by atoms with van der Waals surface area (Å²) >= 11 is 0. The van der Waals surface area contributed by atoms with Crippen molar-refractivity contribution in [3.05, 3.63) is 23.3 Å². The maximum Gasteiger partial charge on any atom is 0.00922 e. The predicted octanol–water partition coefficient (Wildman–Crippen LogP) is 19.9. The summed E-state index contributed by atoms with van der Waals surface area (Å²) in [4.78, 5) is 2.85. The molecule has 2 bridgehead atoms. The summed E-state index contributed by atoms with van der Waals surface area (Å²) in [5.41, 5.74) is 3.92. The Bertz CT molecular complexity index is 1680. The molecule has 0 aromatic heterocycles. The van der Waals surface area contributed by atoms with E-state index in [4.69, 9.17) is 0 Å². The van der Waals surface area contributed by atoms with Gasteiger partial charge < -0.3 is 4.90 Å². The van der Waals surface area contributed by atoms with Gasteiger partial charge in [0.1, 0.15) is 0 Å². The fraction of sp³-hybridized carbons (Fsp3) is 0.942. The Kier molecular flexibility index (Phi) is 17.8. The van der Waals surface area contributed by atoms with Crippen molar-refractivity contribution in [2.24, 2.45) is 118 Å². The van der Waals surface area contributed by atoms with Crippen molar-refractivity contribution in [1.82, 2.24) is 4.90 Å². The molecule has 0 radical (unpaired) electrons. The van der Waals surface area contributed by atoms with Gasteiger partial charge in [0.05, 0.1) is 0 Å². The first kappa shape index (κ1) is 51.5. The van der Waals surface area contributed by atoms with Crippen LogP contribution in [0, 0.1) is 118 Å². The predicted molar refractivity (Wildman–Crippen MR) is 299 cm³/mol. The van der Waals surface area contributed by atoms with Crippen LogP contribution in [0.25, 0.3) is 0 Å². The molecule has 1 saturated heterocycles. The lowest BCUT2D eigenvalue weighted by Gasteiger charge is -2.63. The lowest BCUT2D eigenvalue weighted by atomic mass is 9.42. The molecule has 0 aromatic carbocycles. The molecule has 1 aliphatic heterocycles. The summed E-state index contributed by atoms with van der Waals surface area (Å²) in [6, 6.07) is 0.818. The van der Waals surface area contributed by atoms with Crippen molar-refractivity contribution in [1.29, 1.82) is 0 Å². The second kappa shape index (κ2) is 24.2. The van der Waals surface area contributed by atoms with Crippen LogP contribution in [0.5, 0.6) is 0 Å². The van der Waals surface area contributed by atoms with E-state index in [-0.39, 0.29) is 0 Å². The third kappa shape index (κ3) is 10.7. The molecule has 1 heteroatoms. The molecule has 9 saturated carbocycles. The Balaban J connectivity index is 0.885. The van der Waals surface area contributed by atoms with Gasteiger partial charge in [-0.05, 0) is 273 Å². The van der Waals surface area contributed by atoms with Gasteiger partial charge in [0.15, 0.2) is 0 Å². The Morgan fingerprint density at radius 2 is 1.09 bits per heavy atom. The summed E-state index contributed by atoms with van der Waals surface area (Å²) in [6.07, 6.45) is 65.5. The molecule has 11 aliphatic rings. The van der Waals surface area contributed by atoms with Crippen LogP contribution >= 0.6 is 0 Å². The van der Waals surface area contributed by atoms with E-state index in [9.17, 15) is 0 Å². The topological polar surface area (TPSA) is 3.24 Å². The van der Waals surface area contributed by atoms with Gasteiger partial charge in [0.2, 0.25) is 0 Å². The third-order valence-electron chi connectivity index (χ3n) is 26.3. The molecule has 0 N–H and O–H groups in total. The van der Waals surface area contributed by atoms with Crippen LogP contribution in [0.2, 0.25) is 0 Å². The van der Waals surface area contributed by atoms with Gasteiger partial charge in [0, 0.05) is 6.04 Å². The van der Waals surface area contributed by atoms with Crippen LogP contribution in [0.3, 0.4) is 0 Å². The molecule has 0 spiro atoms. The van der Waals surface area contributed by atoms with Crippen LogP contribution in [0.4, 0.5) is 0 Å². The molecule has 0 aromatic rings. The Labute approximate surface area is 435 Å². The van der Waals surface area contributed by atoms with E-state index >= 15 is 0 Å². The highest BCUT2D eigenvalue weighted by Gasteiger charge is 2.59. The van der Waals surface area contributed by atoms with Gasteiger partial charge in [-0.3, -0.25) is 0 Å². The van der Waals surface area contributed by atoms with Gasteiger partial charge in [-0.2, -0.15) is 0 Å². The third-order valence-corrected chi connectivity index (χ3v) is 26.3. The van der Waals surface area contributed by atoms with Crippen molar-refractivity contribution < 1.29 is 0 Å². The molecule has 10 aliphatic carbocycles. The largest absolute Gasteiger partial charge is 0.303 e. The number of nitrogens with zero attached hydrogens (tertiary/aromatic N) is 1. The molecule has 70 heavy (non-hydrogen) atoms. The van der Waals surface area contributed by atoms with Crippen LogP contribution < -0.4 is 0 Å². The zero-order valence-corrected chi connectivity index (χ0v) is 47.0. The van der Waals surface area contributed by atoms with Gasteiger partial charge in [-0.25, -0.2) is 0 Å². The van der Waals surface area contributed by atoms with E-state index in [2.05, 4.69) is 44.9 Å². The second-order valence-corrected chi connectivity index (χ2v) is 29.0. The van der Waals surface area contributed by atoms with E-state index in [1.165, 1.54) is 116 Å². The lowest BCUT2D eigenvalue weighted by Crippen LogP contribution is -2.57. The Morgan fingerprint density at radius 3 is 1.79 bits per heavy atom. The van der Waals surface area contributed by atoms with Gasteiger partial charge in [0.25, 0.3) is 0 Å². The SMILES string of the molecule is CCCCC1CCCCC2C(C/C=C(\CC)C3CCC4C(C3)C(C3CCCC5CCCCC53)C3CCCCC3C4C3CCCC4CCCCC43)CC(C3CCC=C4CCCCC43)C(CCCN1C)C2C. The molecule has 0 amide bonds. The number of hydrogen-bond donors (Lipinski definition) is 0. The molecule has 21 unspecified atom stereocenters. The second-order valence-electron chi connectivity index (χ2n) is 29.0.